The molecule has 5 nitrogen and oxygen atoms in total. The Labute approximate surface area is 258 Å². The van der Waals surface area contributed by atoms with Crippen LogP contribution in [-0.2, 0) is 19.1 Å². The summed E-state index contributed by atoms with van der Waals surface area (Å²) in [5, 5.41) is 3.11. The summed E-state index contributed by atoms with van der Waals surface area (Å²) in [6.45, 7) is 0. The maximum atomic E-state index is 13.5. The van der Waals surface area contributed by atoms with Crippen LogP contribution in [-0.4, -0.2) is 26.2 Å². The Kier molecular flexibility index (Phi) is 9.81. The summed E-state index contributed by atoms with van der Waals surface area (Å²) in [5.41, 5.74) is 2.52. The molecule has 0 heterocycles. The molecule has 44 heavy (non-hydrogen) atoms. The molecule has 0 aliphatic heterocycles. The van der Waals surface area contributed by atoms with Crippen LogP contribution in [0.2, 0.25) is 0 Å². The van der Waals surface area contributed by atoms with Crippen molar-refractivity contribution in [1.82, 2.24) is 0 Å². The van der Waals surface area contributed by atoms with Crippen LogP contribution in [0.4, 0.5) is 0 Å². The number of carbonyl (C=O) groups excluding carboxylic acids is 2. The standard InChI is InChI=1S/C38H32NO4P/c1-42-35(40)28-34(38(41)43-2)36(29-18-8-3-9-19-29)37(30-20-10-4-11-21-30)39-44(31-22-12-5-13-23-31,32-24-14-6-15-25-32)33-26-16-7-17-27-33/h3-28H,1-2H3/b34-28-,37-36+. The highest BCUT2D eigenvalue weighted by Gasteiger charge is 2.30. The molecule has 5 aromatic rings. The molecule has 0 unspecified atom stereocenters. The molecule has 0 spiro atoms. The van der Waals surface area contributed by atoms with Gasteiger partial charge in [0.05, 0.1) is 32.5 Å². The first kappa shape index (κ1) is 30.2. The topological polar surface area (TPSA) is 65.0 Å². The van der Waals surface area contributed by atoms with E-state index in [0.717, 1.165) is 21.5 Å². The van der Waals surface area contributed by atoms with Crippen molar-refractivity contribution < 1.29 is 19.1 Å². The number of hydrogen-bond donors (Lipinski definition) is 0. The quantitative estimate of drug-likeness (QED) is 0.0603. The van der Waals surface area contributed by atoms with Gasteiger partial charge in [0.25, 0.3) is 0 Å². The van der Waals surface area contributed by atoms with Gasteiger partial charge in [-0.3, -0.25) is 4.74 Å². The second kappa shape index (κ2) is 14.3. The third-order valence-corrected chi connectivity index (χ3v) is 10.8. The van der Waals surface area contributed by atoms with E-state index in [-0.39, 0.29) is 5.57 Å². The second-order valence-corrected chi connectivity index (χ2v) is 12.8. The van der Waals surface area contributed by atoms with Crippen molar-refractivity contribution in [3.8, 4) is 0 Å². The Morgan fingerprint density at radius 3 is 1.32 bits per heavy atom. The molecule has 0 amide bonds. The van der Waals surface area contributed by atoms with Crippen molar-refractivity contribution in [2.24, 2.45) is 4.74 Å². The number of rotatable bonds is 9. The number of hydrogen-bond acceptors (Lipinski definition) is 5. The molecule has 0 aromatic heterocycles. The van der Waals surface area contributed by atoms with E-state index in [1.807, 2.05) is 115 Å². The van der Waals surface area contributed by atoms with Gasteiger partial charge in [-0.2, -0.15) is 0 Å². The van der Waals surface area contributed by atoms with Gasteiger partial charge in [0, 0.05) is 33.1 Å². The van der Waals surface area contributed by atoms with Crippen molar-refractivity contribution in [3.63, 3.8) is 0 Å². The molecule has 0 aliphatic rings. The largest absolute Gasteiger partial charge is 0.466 e. The van der Waals surface area contributed by atoms with Crippen LogP contribution < -0.4 is 15.9 Å². The van der Waals surface area contributed by atoms with Crippen LogP contribution in [0.15, 0.2) is 168 Å². The van der Waals surface area contributed by atoms with Gasteiger partial charge in [0.15, 0.2) is 0 Å². The van der Waals surface area contributed by atoms with E-state index in [1.165, 1.54) is 20.3 Å². The average Bonchev–Trinajstić information content (AvgIpc) is 3.11. The highest BCUT2D eigenvalue weighted by molar-refractivity contribution is 7.87. The third-order valence-electron chi connectivity index (χ3n) is 7.12. The molecule has 0 saturated carbocycles. The first-order chi connectivity index (χ1) is 21.6. The predicted octanol–water partition coefficient (Wildman–Crippen LogP) is 7.01. The van der Waals surface area contributed by atoms with Crippen molar-refractivity contribution in [2.45, 2.75) is 0 Å². The summed E-state index contributed by atoms with van der Waals surface area (Å²) < 4.78 is 16.1. The Hall–Kier alpha value is -5.25. The van der Waals surface area contributed by atoms with Gasteiger partial charge in [-0.25, -0.2) is 9.59 Å². The zero-order valence-corrected chi connectivity index (χ0v) is 25.4. The predicted molar refractivity (Wildman–Crippen MR) is 179 cm³/mol. The van der Waals surface area contributed by atoms with Crippen molar-refractivity contribution in [1.29, 1.82) is 0 Å². The number of methoxy groups -OCH3 is 2. The Bertz CT molecular complexity index is 1730. The summed E-state index contributed by atoms with van der Waals surface area (Å²) in [6, 6.07) is 49.9. The van der Waals surface area contributed by atoms with E-state index in [0.29, 0.717) is 16.8 Å². The molecule has 5 rings (SSSR count). The number of benzene rings is 5. The van der Waals surface area contributed by atoms with Gasteiger partial charge in [0.1, 0.15) is 0 Å². The van der Waals surface area contributed by atoms with Gasteiger partial charge >= 0.3 is 11.9 Å². The fourth-order valence-electron chi connectivity index (χ4n) is 5.09. The van der Waals surface area contributed by atoms with Gasteiger partial charge < -0.3 is 9.47 Å². The second-order valence-electron chi connectivity index (χ2n) is 9.77. The number of ether oxygens (including phenoxy) is 2. The lowest BCUT2D eigenvalue weighted by Gasteiger charge is -2.28. The van der Waals surface area contributed by atoms with Crippen molar-refractivity contribution in [2.75, 3.05) is 14.2 Å². The van der Waals surface area contributed by atoms with E-state index in [1.54, 1.807) is 0 Å². The molecule has 0 saturated heterocycles. The Morgan fingerprint density at radius 2 is 0.932 bits per heavy atom. The number of nitrogens with zero attached hydrogens (tertiary/aromatic N) is 1. The normalized spacial score (nSPS) is 12.1. The molecule has 0 bridgehead atoms. The molecule has 0 radical (unpaired) electrons. The van der Waals surface area contributed by atoms with Crippen LogP contribution >= 0.6 is 7.05 Å². The summed E-state index contributed by atoms with van der Waals surface area (Å²) in [7, 11) is -0.224. The molecule has 5 aromatic carbocycles. The molecular weight excluding hydrogens is 565 g/mol. The first-order valence-electron chi connectivity index (χ1n) is 14.1. The van der Waals surface area contributed by atoms with Crippen molar-refractivity contribution >= 4 is 46.2 Å². The minimum absolute atomic E-state index is 0.0421. The molecule has 0 N–H and O–H groups in total. The van der Waals surface area contributed by atoms with Crippen molar-refractivity contribution in [3.05, 3.63) is 174 Å². The van der Waals surface area contributed by atoms with Gasteiger partial charge in [-0.15, -0.1) is 0 Å². The lowest BCUT2D eigenvalue weighted by atomic mass is 9.93. The third kappa shape index (κ3) is 6.39. The lowest BCUT2D eigenvalue weighted by Crippen LogP contribution is -2.25. The van der Waals surface area contributed by atoms with Gasteiger partial charge in [0.2, 0.25) is 0 Å². The minimum atomic E-state index is -2.80. The number of carbonyl (C=O) groups is 2. The van der Waals surface area contributed by atoms with Gasteiger partial charge in [-0.05, 0) is 5.56 Å². The highest BCUT2D eigenvalue weighted by atomic mass is 31.2. The highest BCUT2D eigenvalue weighted by Crippen LogP contribution is 2.51. The van der Waals surface area contributed by atoms with Crippen LogP contribution in [0.1, 0.15) is 11.1 Å². The van der Waals surface area contributed by atoms with Crippen LogP contribution in [0.25, 0.3) is 11.3 Å². The summed E-state index contributed by atoms with van der Waals surface area (Å²) >= 11 is 0. The van der Waals surface area contributed by atoms with E-state index in [2.05, 4.69) is 36.4 Å². The SMILES string of the molecule is COC(=O)/C=C(C(=O)OC)/C(=C(/N=P(c1ccccc1)(c1ccccc1)c1ccccc1)c1ccccc1)c1ccccc1. The first-order valence-corrected chi connectivity index (χ1v) is 15.8. The molecule has 0 aliphatic carbocycles. The summed E-state index contributed by atoms with van der Waals surface area (Å²) in [6.07, 6.45) is 1.18. The van der Waals surface area contributed by atoms with Crippen LogP contribution in [0, 0.1) is 0 Å². The van der Waals surface area contributed by atoms with E-state index in [9.17, 15) is 9.59 Å². The molecule has 0 fully saturated rings. The fourth-order valence-corrected chi connectivity index (χ4v) is 8.66. The van der Waals surface area contributed by atoms with Gasteiger partial charge in [-0.1, -0.05) is 152 Å². The summed E-state index contributed by atoms with van der Waals surface area (Å²) in [4.78, 5) is 26.3. The minimum Gasteiger partial charge on any atom is -0.466 e. The smallest absolute Gasteiger partial charge is 0.338 e. The molecule has 0 atom stereocenters. The molecule has 6 heteroatoms. The van der Waals surface area contributed by atoms with E-state index < -0.39 is 19.0 Å². The fraction of sp³-hybridized carbons (Fsp3) is 0.0526. The van der Waals surface area contributed by atoms with Crippen LogP contribution in [0.5, 0.6) is 0 Å². The zero-order valence-electron chi connectivity index (χ0n) is 24.5. The maximum Gasteiger partial charge on any atom is 0.338 e. The molecule has 218 valence electrons. The van der Waals surface area contributed by atoms with E-state index >= 15 is 0 Å². The molecular formula is C38H32NO4P. The Morgan fingerprint density at radius 1 is 0.545 bits per heavy atom. The average molecular weight is 598 g/mol. The maximum absolute atomic E-state index is 13.5. The number of esters is 2. The van der Waals surface area contributed by atoms with E-state index in [4.69, 9.17) is 14.2 Å². The lowest BCUT2D eigenvalue weighted by molar-refractivity contribution is -0.138. The Balaban J connectivity index is 2.08. The zero-order chi connectivity index (χ0) is 30.8. The van der Waals surface area contributed by atoms with Crippen LogP contribution in [0.3, 0.4) is 0 Å². The monoisotopic (exact) mass is 597 g/mol. The summed E-state index contributed by atoms with van der Waals surface area (Å²) in [5.74, 6) is -1.36.